The van der Waals surface area contributed by atoms with Gasteiger partial charge in [0.2, 0.25) is 0 Å². The highest BCUT2D eigenvalue weighted by Crippen LogP contribution is 2.24. The smallest absolute Gasteiger partial charge is 0.140 e. The molecule has 0 radical (unpaired) electrons. The third-order valence-electron chi connectivity index (χ3n) is 2.57. The molecule has 0 unspecified atom stereocenters. The lowest BCUT2D eigenvalue weighted by molar-refractivity contribution is 0.962. The van der Waals surface area contributed by atoms with Crippen molar-refractivity contribution in [3.8, 4) is 5.82 Å². The zero-order chi connectivity index (χ0) is 11.8. The Kier molecular flexibility index (Phi) is 2.54. The zero-order valence-corrected chi connectivity index (χ0v) is 11.3. The van der Waals surface area contributed by atoms with E-state index in [1.807, 2.05) is 25.3 Å². The number of aromatic nitrogens is 4. The van der Waals surface area contributed by atoms with Gasteiger partial charge in [-0.05, 0) is 41.6 Å². The number of aryl methyl sites for hydroxylation is 1. The lowest BCUT2D eigenvalue weighted by Crippen LogP contribution is -1.98. The second-order valence-corrected chi connectivity index (χ2v) is 4.86. The van der Waals surface area contributed by atoms with Crippen LogP contribution in [0.5, 0.6) is 0 Å². The highest BCUT2D eigenvalue weighted by molar-refractivity contribution is 14.1. The molecular formula is C12H9IN4. The van der Waals surface area contributed by atoms with Gasteiger partial charge in [0.1, 0.15) is 11.6 Å². The summed E-state index contributed by atoms with van der Waals surface area (Å²) in [6.07, 6.45) is 7.51. The van der Waals surface area contributed by atoms with E-state index in [9.17, 15) is 0 Å². The Morgan fingerprint density at radius 2 is 2.12 bits per heavy atom. The number of pyridine rings is 1. The van der Waals surface area contributed by atoms with E-state index < -0.39 is 0 Å². The van der Waals surface area contributed by atoms with Gasteiger partial charge >= 0.3 is 0 Å². The molecule has 0 bridgehead atoms. The molecule has 5 heteroatoms. The van der Waals surface area contributed by atoms with Crippen molar-refractivity contribution >= 4 is 33.5 Å². The van der Waals surface area contributed by atoms with Crippen molar-refractivity contribution in [2.75, 3.05) is 0 Å². The third kappa shape index (κ3) is 1.80. The van der Waals surface area contributed by atoms with Crippen molar-refractivity contribution in [2.24, 2.45) is 0 Å². The van der Waals surface area contributed by atoms with Gasteiger partial charge in [-0.1, -0.05) is 0 Å². The number of nitrogens with zero attached hydrogens (tertiary/aromatic N) is 4. The Hall–Kier alpha value is -1.50. The van der Waals surface area contributed by atoms with Crippen molar-refractivity contribution in [3.63, 3.8) is 0 Å². The fourth-order valence-electron chi connectivity index (χ4n) is 1.80. The van der Waals surface area contributed by atoms with Gasteiger partial charge < -0.3 is 0 Å². The summed E-state index contributed by atoms with van der Waals surface area (Å²) in [4.78, 5) is 12.7. The van der Waals surface area contributed by atoms with Gasteiger partial charge in [0.15, 0.2) is 0 Å². The molecule has 0 aromatic carbocycles. The normalized spacial score (nSPS) is 10.9. The van der Waals surface area contributed by atoms with E-state index in [1.54, 1.807) is 12.4 Å². The van der Waals surface area contributed by atoms with E-state index in [0.29, 0.717) is 0 Å². The molecule has 0 aliphatic heterocycles. The first kappa shape index (κ1) is 10.6. The van der Waals surface area contributed by atoms with Crippen LogP contribution in [0.2, 0.25) is 0 Å². The Morgan fingerprint density at radius 1 is 1.24 bits per heavy atom. The average molecular weight is 336 g/mol. The summed E-state index contributed by atoms with van der Waals surface area (Å²) in [5.74, 6) is 1.66. The molecule has 0 aliphatic rings. The highest BCUT2D eigenvalue weighted by Gasteiger charge is 2.08. The van der Waals surface area contributed by atoms with Crippen LogP contribution in [-0.4, -0.2) is 19.5 Å². The van der Waals surface area contributed by atoms with Gasteiger partial charge in [0.25, 0.3) is 0 Å². The standard InChI is InChI=1S/C12H9IN4/c1-8-15-5-3-12(16-8)17-7-10(13)9-6-14-4-2-11(9)17/h2-7H,1H3. The lowest BCUT2D eigenvalue weighted by Gasteiger charge is -2.03. The minimum absolute atomic E-state index is 0.772. The Bertz CT molecular complexity index is 690. The van der Waals surface area contributed by atoms with Crippen LogP contribution in [0.4, 0.5) is 0 Å². The van der Waals surface area contributed by atoms with Gasteiger partial charge in [-0.3, -0.25) is 9.55 Å². The van der Waals surface area contributed by atoms with E-state index in [0.717, 1.165) is 22.5 Å². The van der Waals surface area contributed by atoms with Crippen molar-refractivity contribution in [1.82, 2.24) is 19.5 Å². The van der Waals surface area contributed by atoms with Crippen molar-refractivity contribution in [2.45, 2.75) is 6.92 Å². The van der Waals surface area contributed by atoms with Crippen LogP contribution >= 0.6 is 22.6 Å². The second kappa shape index (κ2) is 4.06. The molecule has 84 valence electrons. The molecule has 0 atom stereocenters. The number of hydrogen-bond donors (Lipinski definition) is 0. The molecule has 0 amide bonds. The van der Waals surface area contributed by atoms with Crippen LogP contribution in [-0.2, 0) is 0 Å². The van der Waals surface area contributed by atoms with Gasteiger partial charge in [-0.2, -0.15) is 0 Å². The van der Waals surface area contributed by atoms with Crippen LogP contribution in [0.25, 0.3) is 16.7 Å². The van der Waals surface area contributed by atoms with Crippen LogP contribution in [0.15, 0.2) is 36.9 Å². The minimum Gasteiger partial charge on any atom is -0.300 e. The Labute approximate surface area is 112 Å². The molecule has 0 saturated carbocycles. The SMILES string of the molecule is Cc1nccc(-n2cc(I)c3cnccc32)n1. The molecule has 0 aliphatic carbocycles. The van der Waals surface area contributed by atoms with E-state index in [2.05, 4.69) is 48.3 Å². The molecule has 3 aromatic heterocycles. The quantitative estimate of drug-likeness (QED) is 0.642. The summed E-state index contributed by atoms with van der Waals surface area (Å²) in [6, 6.07) is 3.90. The van der Waals surface area contributed by atoms with Gasteiger partial charge in [-0.15, -0.1) is 0 Å². The molecule has 0 saturated heterocycles. The van der Waals surface area contributed by atoms with Gasteiger partial charge in [-0.25, -0.2) is 9.97 Å². The van der Waals surface area contributed by atoms with E-state index in [1.165, 1.54) is 3.57 Å². The van der Waals surface area contributed by atoms with E-state index in [-0.39, 0.29) is 0 Å². The monoisotopic (exact) mass is 336 g/mol. The maximum Gasteiger partial charge on any atom is 0.140 e. The van der Waals surface area contributed by atoms with Crippen LogP contribution < -0.4 is 0 Å². The van der Waals surface area contributed by atoms with Crippen molar-refractivity contribution in [1.29, 1.82) is 0 Å². The maximum absolute atomic E-state index is 4.43. The number of fused-ring (bicyclic) bond motifs is 1. The second-order valence-electron chi connectivity index (χ2n) is 3.70. The number of hydrogen-bond acceptors (Lipinski definition) is 3. The molecule has 0 fully saturated rings. The highest BCUT2D eigenvalue weighted by atomic mass is 127. The summed E-state index contributed by atoms with van der Waals surface area (Å²) in [5.41, 5.74) is 1.11. The Balaban J connectivity index is 2.31. The fourth-order valence-corrected chi connectivity index (χ4v) is 2.50. The minimum atomic E-state index is 0.772. The van der Waals surface area contributed by atoms with Crippen LogP contribution in [0.1, 0.15) is 5.82 Å². The average Bonchev–Trinajstić information content (AvgIpc) is 2.68. The summed E-state index contributed by atoms with van der Waals surface area (Å²) < 4.78 is 3.23. The molecule has 17 heavy (non-hydrogen) atoms. The fraction of sp³-hybridized carbons (Fsp3) is 0.0833. The molecule has 3 heterocycles. The topological polar surface area (TPSA) is 43.6 Å². The number of halogens is 1. The molecule has 3 rings (SSSR count). The predicted molar refractivity (Wildman–Crippen MR) is 74.1 cm³/mol. The van der Waals surface area contributed by atoms with Gasteiger partial charge in [0, 0.05) is 33.7 Å². The van der Waals surface area contributed by atoms with E-state index in [4.69, 9.17) is 0 Å². The lowest BCUT2D eigenvalue weighted by atomic mass is 10.3. The van der Waals surface area contributed by atoms with Crippen LogP contribution in [0, 0.1) is 10.5 Å². The molecule has 3 aromatic rings. The third-order valence-corrected chi connectivity index (χ3v) is 3.43. The van der Waals surface area contributed by atoms with Crippen molar-refractivity contribution < 1.29 is 0 Å². The zero-order valence-electron chi connectivity index (χ0n) is 9.13. The molecule has 0 N–H and O–H groups in total. The van der Waals surface area contributed by atoms with Crippen molar-refractivity contribution in [3.05, 3.63) is 46.3 Å². The maximum atomic E-state index is 4.43. The first-order chi connectivity index (χ1) is 8.25. The first-order valence-electron chi connectivity index (χ1n) is 5.16. The molecule has 4 nitrogen and oxygen atoms in total. The molecular weight excluding hydrogens is 327 g/mol. The summed E-state index contributed by atoms with van der Waals surface area (Å²) in [6.45, 7) is 1.89. The molecule has 0 spiro atoms. The van der Waals surface area contributed by atoms with Gasteiger partial charge in [0.05, 0.1) is 5.52 Å². The predicted octanol–water partition coefficient (Wildman–Crippen LogP) is 2.73. The number of rotatable bonds is 1. The first-order valence-corrected chi connectivity index (χ1v) is 6.24. The summed E-state index contributed by atoms with van der Waals surface area (Å²) >= 11 is 2.31. The van der Waals surface area contributed by atoms with E-state index >= 15 is 0 Å². The van der Waals surface area contributed by atoms with Crippen LogP contribution in [0.3, 0.4) is 0 Å². The summed E-state index contributed by atoms with van der Waals surface area (Å²) in [7, 11) is 0. The summed E-state index contributed by atoms with van der Waals surface area (Å²) in [5, 5.41) is 1.14. The Morgan fingerprint density at radius 3 is 2.94 bits per heavy atom. The largest absolute Gasteiger partial charge is 0.300 e.